The fourth-order valence-electron chi connectivity index (χ4n) is 3.91. The number of nitrogens with two attached hydrogens (primary N) is 1. The fourth-order valence-corrected chi connectivity index (χ4v) is 5.50. The summed E-state index contributed by atoms with van der Waals surface area (Å²) >= 11 is 0. The molecule has 1 aliphatic rings. The van der Waals surface area contributed by atoms with Crippen molar-refractivity contribution in [1.82, 2.24) is 9.62 Å². The Balaban J connectivity index is 1.41. The average Bonchev–Trinajstić information content (AvgIpc) is 2.83. The van der Waals surface area contributed by atoms with E-state index in [0.29, 0.717) is 25.1 Å². The van der Waals surface area contributed by atoms with Gasteiger partial charge in [-0.3, -0.25) is 4.79 Å². The van der Waals surface area contributed by atoms with E-state index in [9.17, 15) is 21.6 Å². The van der Waals surface area contributed by atoms with Crippen LogP contribution in [0.2, 0.25) is 0 Å². The van der Waals surface area contributed by atoms with Gasteiger partial charge in [0.2, 0.25) is 20.0 Å². The Hall–Kier alpha value is -3.05. The molecular formula is C24H25N3O5S2. The van der Waals surface area contributed by atoms with Gasteiger partial charge in [0.15, 0.2) is 0 Å². The van der Waals surface area contributed by atoms with Gasteiger partial charge in [0.1, 0.15) is 0 Å². The third kappa shape index (κ3) is 5.53. The van der Waals surface area contributed by atoms with E-state index in [0.717, 1.165) is 17.5 Å². The number of fused-ring (bicyclic) bond motifs is 1. The van der Waals surface area contributed by atoms with Gasteiger partial charge in [-0.25, -0.2) is 26.7 Å². The molecule has 0 atom stereocenters. The van der Waals surface area contributed by atoms with E-state index in [2.05, 4.69) is 10.8 Å². The molecular weight excluding hydrogens is 474 g/mol. The molecule has 0 bridgehead atoms. The summed E-state index contributed by atoms with van der Waals surface area (Å²) in [7, 11) is -7.61. The third-order valence-electron chi connectivity index (χ3n) is 5.77. The number of rotatable bonds is 7. The minimum Gasteiger partial charge on any atom is -0.334 e. The molecule has 3 N–H and O–H groups in total. The first-order valence-corrected chi connectivity index (χ1v) is 13.7. The summed E-state index contributed by atoms with van der Waals surface area (Å²) in [6.07, 6.45) is 1.12. The average molecular weight is 500 g/mol. The van der Waals surface area contributed by atoms with E-state index in [4.69, 9.17) is 5.14 Å². The molecule has 1 heterocycles. The zero-order valence-corrected chi connectivity index (χ0v) is 20.0. The highest BCUT2D eigenvalue weighted by Gasteiger charge is 2.23. The van der Waals surface area contributed by atoms with E-state index in [-0.39, 0.29) is 22.2 Å². The SMILES string of the molecule is NS(=O)(=O)c1ccc(CCNS(=O)(=O)c2cccc(C(=O)N3CCc4ccccc4C3)c2)cc1. The van der Waals surface area contributed by atoms with E-state index >= 15 is 0 Å². The van der Waals surface area contributed by atoms with Crippen LogP contribution in [0.4, 0.5) is 0 Å². The summed E-state index contributed by atoms with van der Waals surface area (Å²) < 4.78 is 50.8. The lowest BCUT2D eigenvalue weighted by Crippen LogP contribution is -2.36. The molecule has 178 valence electrons. The number of hydrogen-bond acceptors (Lipinski definition) is 5. The van der Waals surface area contributed by atoms with Crippen molar-refractivity contribution < 1.29 is 21.6 Å². The predicted molar refractivity (Wildman–Crippen MR) is 128 cm³/mol. The molecule has 3 aromatic carbocycles. The Kier molecular flexibility index (Phi) is 6.85. The van der Waals surface area contributed by atoms with Crippen molar-refractivity contribution in [1.29, 1.82) is 0 Å². The number of nitrogens with one attached hydrogen (secondary N) is 1. The van der Waals surface area contributed by atoms with Gasteiger partial charge in [0.25, 0.3) is 5.91 Å². The van der Waals surface area contributed by atoms with Gasteiger partial charge in [0, 0.05) is 25.2 Å². The number of hydrogen-bond donors (Lipinski definition) is 2. The molecule has 1 aliphatic heterocycles. The number of primary sulfonamides is 1. The van der Waals surface area contributed by atoms with Gasteiger partial charge in [-0.05, 0) is 59.9 Å². The minimum atomic E-state index is -3.83. The number of nitrogens with zero attached hydrogens (tertiary/aromatic N) is 1. The Morgan fingerprint density at radius 2 is 1.59 bits per heavy atom. The molecule has 34 heavy (non-hydrogen) atoms. The minimum absolute atomic E-state index is 0.00416. The Morgan fingerprint density at radius 3 is 2.29 bits per heavy atom. The first-order valence-electron chi connectivity index (χ1n) is 10.7. The van der Waals surface area contributed by atoms with Crippen LogP contribution in [0.25, 0.3) is 0 Å². The fraction of sp³-hybridized carbons (Fsp3) is 0.208. The van der Waals surface area contributed by atoms with Gasteiger partial charge in [-0.1, -0.05) is 42.5 Å². The van der Waals surface area contributed by atoms with Crippen molar-refractivity contribution in [2.24, 2.45) is 5.14 Å². The second-order valence-electron chi connectivity index (χ2n) is 8.11. The smallest absolute Gasteiger partial charge is 0.254 e. The Morgan fingerprint density at radius 1 is 0.882 bits per heavy atom. The first-order chi connectivity index (χ1) is 16.1. The summed E-state index contributed by atoms with van der Waals surface area (Å²) in [5.74, 6) is -0.207. The normalized spacial score (nSPS) is 14.0. The van der Waals surface area contributed by atoms with Crippen LogP contribution in [-0.4, -0.2) is 40.7 Å². The first kappa shape index (κ1) is 24.1. The van der Waals surface area contributed by atoms with Crippen LogP contribution in [-0.2, 0) is 39.4 Å². The van der Waals surface area contributed by atoms with Crippen molar-refractivity contribution in [2.75, 3.05) is 13.1 Å². The molecule has 10 heteroatoms. The third-order valence-corrected chi connectivity index (χ3v) is 8.15. The lowest BCUT2D eigenvalue weighted by molar-refractivity contribution is 0.0734. The summed E-state index contributed by atoms with van der Waals surface area (Å²) in [6.45, 7) is 1.18. The van der Waals surface area contributed by atoms with E-state index in [1.807, 2.05) is 18.2 Å². The highest BCUT2D eigenvalue weighted by molar-refractivity contribution is 7.89. The predicted octanol–water partition coefficient (Wildman–Crippen LogP) is 2.05. The number of benzene rings is 3. The quantitative estimate of drug-likeness (QED) is 0.515. The molecule has 8 nitrogen and oxygen atoms in total. The van der Waals surface area contributed by atoms with E-state index < -0.39 is 20.0 Å². The van der Waals surface area contributed by atoms with Crippen molar-refractivity contribution in [2.45, 2.75) is 29.2 Å². The number of carbonyl (C=O) groups is 1. The maximum Gasteiger partial charge on any atom is 0.254 e. The standard InChI is InChI=1S/C24H25N3O5S2/c25-33(29,30)22-10-8-18(9-11-22)12-14-26-34(31,32)23-7-3-6-20(16-23)24(28)27-15-13-19-4-1-2-5-21(19)17-27/h1-11,16,26H,12-15,17H2,(H2,25,29,30). The molecule has 4 rings (SSSR count). The van der Waals surface area contributed by atoms with Crippen molar-refractivity contribution >= 4 is 26.0 Å². The lowest BCUT2D eigenvalue weighted by atomic mass is 9.99. The van der Waals surface area contributed by atoms with Gasteiger partial charge in [0.05, 0.1) is 9.79 Å². The van der Waals surface area contributed by atoms with Crippen molar-refractivity contribution in [3.8, 4) is 0 Å². The highest BCUT2D eigenvalue weighted by atomic mass is 32.2. The molecule has 0 aromatic heterocycles. The maximum absolute atomic E-state index is 13.0. The van der Waals surface area contributed by atoms with Crippen LogP contribution in [0.15, 0.2) is 82.6 Å². The molecule has 0 spiro atoms. The summed E-state index contributed by atoms with van der Waals surface area (Å²) in [4.78, 5) is 14.8. The second kappa shape index (κ2) is 9.67. The Labute approximate surface area is 199 Å². The van der Waals surface area contributed by atoms with Gasteiger partial charge < -0.3 is 4.90 Å². The molecule has 0 unspecified atom stereocenters. The monoisotopic (exact) mass is 499 g/mol. The van der Waals surface area contributed by atoms with Gasteiger partial charge in [-0.15, -0.1) is 0 Å². The number of amides is 1. The van der Waals surface area contributed by atoms with Crippen LogP contribution in [0.3, 0.4) is 0 Å². The van der Waals surface area contributed by atoms with Crippen LogP contribution >= 0.6 is 0 Å². The molecule has 0 fully saturated rings. The number of carbonyl (C=O) groups excluding carboxylic acids is 1. The van der Waals surface area contributed by atoms with E-state index in [1.54, 1.807) is 29.2 Å². The zero-order valence-electron chi connectivity index (χ0n) is 18.3. The highest BCUT2D eigenvalue weighted by Crippen LogP contribution is 2.21. The molecule has 0 saturated heterocycles. The van der Waals surface area contributed by atoms with Crippen LogP contribution in [0, 0.1) is 0 Å². The second-order valence-corrected chi connectivity index (χ2v) is 11.4. The van der Waals surface area contributed by atoms with Gasteiger partial charge >= 0.3 is 0 Å². The van der Waals surface area contributed by atoms with E-state index in [1.165, 1.54) is 29.8 Å². The summed E-state index contributed by atoms with van der Waals surface area (Å²) in [5.41, 5.74) is 3.40. The Bertz CT molecular complexity index is 1420. The molecule has 0 saturated carbocycles. The maximum atomic E-state index is 13.0. The lowest BCUT2D eigenvalue weighted by Gasteiger charge is -2.29. The number of sulfonamides is 2. The van der Waals surface area contributed by atoms with Crippen LogP contribution in [0.5, 0.6) is 0 Å². The zero-order chi connectivity index (χ0) is 24.3. The van der Waals surface area contributed by atoms with Crippen molar-refractivity contribution in [3.05, 3.63) is 95.1 Å². The molecule has 3 aromatic rings. The molecule has 0 radical (unpaired) electrons. The topological polar surface area (TPSA) is 127 Å². The summed E-state index contributed by atoms with van der Waals surface area (Å²) in [6, 6.07) is 20.0. The van der Waals surface area contributed by atoms with Crippen LogP contribution < -0.4 is 9.86 Å². The van der Waals surface area contributed by atoms with Crippen molar-refractivity contribution in [3.63, 3.8) is 0 Å². The van der Waals surface area contributed by atoms with Gasteiger partial charge in [-0.2, -0.15) is 0 Å². The molecule has 1 amide bonds. The largest absolute Gasteiger partial charge is 0.334 e. The summed E-state index contributed by atoms with van der Waals surface area (Å²) in [5, 5.41) is 5.08. The molecule has 0 aliphatic carbocycles. The van der Waals surface area contributed by atoms with Crippen LogP contribution in [0.1, 0.15) is 27.0 Å².